The summed E-state index contributed by atoms with van der Waals surface area (Å²) in [6.45, 7) is 6.25. The molecule has 18 heavy (non-hydrogen) atoms. The highest BCUT2D eigenvalue weighted by Gasteiger charge is 2.27. The van der Waals surface area contributed by atoms with Crippen LogP contribution in [-0.4, -0.2) is 17.2 Å². The third-order valence-electron chi connectivity index (χ3n) is 2.00. The highest BCUT2D eigenvalue weighted by atomic mass is 31.2. The molecule has 0 spiro atoms. The second-order valence-corrected chi connectivity index (χ2v) is 5.48. The van der Waals surface area contributed by atoms with Gasteiger partial charge in [0, 0.05) is 5.57 Å². The van der Waals surface area contributed by atoms with E-state index in [4.69, 9.17) is 9.26 Å². The molecule has 1 rings (SSSR count). The van der Waals surface area contributed by atoms with Crippen molar-refractivity contribution < 1.29 is 23.5 Å². The molecule has 1 aromatic carbocycles. The topological polar surface area (TPSA) is 72.8 Å². The summed E-state index contributed by atoms with van der Waals surface area (Å²) in [5, 5.41) is 0.142. The predicted octanol–water partition coefficient (Wildman–Crippen LogP) is 1.98. The van der Waals surface area contributed by atoms with Crippen LogP contribution in [0.15, 0.2) is 42.5 Å². The van der Waals surface area contributed by atoms with Crippen LogP contribution in [0.2, 0.25) is 0 Å². The van der Waals surface area contributed by atoms with Gasteiger partial charge in [0.25, 0.3) is 0 Å². The van der Waals surface area contributed by atoms with Gasteiger partial charge >= 0.3 is 13.6 Å². The number of hydrogen-bond acceptors (Lipinski definition) is 4. The minimum Gasteiger partial charge on any atom is -0.432 e. The van der Waals surface area contributed by atoms with Gasteiger partial charge in [0.1, 0.15) is 0 Å². The second-order valence-electron chi connectivity index (χ2n) is 3.71. The van der Waals surface area contributed by atoms with Gasteiger partial charge in [0.15, 0.2) is 0 Å². The third kappa shape index (κ3) is 4.11. The summed E-state index contributed by atoms with van der Waals surface area (Å²) < 4.78 is 21.5. The molecule has 6 heteroatoms. The Morgan fingerprint density at radius 2 is 1.94 bits per heavy atom. The average Bonchev–Trinajstić information content (AvgIpc) is 2.29. The largest absolute Gasteiger partial charge is 0.432 e. The maximum Gasteiger partial charge on any atom is 0.361 e. The lowest BCUT2D eigenvalue weighted by Gasteiger charge is -2.18. The van der Waals surface area contributed by atoms with Gasteiger partial charge in [0.05, 0.1) is 5.30 Å². The maximum atomic E-state index is 11.9. The second kappa shape index (κ2) is 5.96. The van der Waals surface area contributed by atoms with Gasteiger partial charge in [-0.2, -0.15) is 0 Å². The molecular formula is C12H15O5P. The molecule has 0 saturated carbocycles. The van der Waals surface area contributed by atoms with Gasteiger partial charge in [-0.05, 0) is 26.0 Å². The highest BCUT2D eigenvalue weighted by molar-refractivity contribution is 7.61. The minimum absolute atomic E-state index is 0.142. The first-order chi connectivity index (χ1) is 8.33. The molecule has 0 heterocycles. The maximum absolute atomic E-state index is 11.9. The summed E-state index contributed by atoms with van der Waals surface area (Å²) in [6, 6.07) is 7.88. The van der Waals surface area contributed by atoms with Crippen molar-refractivity contribution in [2.75, 3.05) is 0 Å². The fraction of sp³-hybridized carbons (Fsp3) is 0.250. The van der Waals surface area contributed by atoms with Gasteiger partial charge < -0.3 is 9.63 Å². The van der Waals surface area contributed by atoms with E-state index in [1.807, 2.05) is 0 Å². The van der Waals surface area contributed by atoms with E-state index >= 15 is 0 Å². The number of hydrogen-bond donors (Lipinski definition) is 1. The molecule has 0 aliphatic heterocycles. The monoisotopic (exact) mass is 270 g/mol. The molecule has 0 amide bonds. The quantitative estimate of drug-likeness (QED) is 0.383. The van der Waals surface area contributed by atoms with Crippen LogP contribution in [-0.2, 0) is 18.6 Å². The average molecular weight is 270 g/mol. The lowest BCUT2D eigenvalue weighted by atomic mass is 10.4. The molecule has 2 atom stereocenters. The van der Waals surface area contributed by atoms with Crippen molar-refractivity contribution in [1.29, 1.82) is 0 Å². The highest BCUT2D eigenvalue weighted by Crippen LogP contribution is 2.42. The van der Waals surface area contributed by atoms with Crippen molar-refractivity contribution in [2.24, 2.45) is 0 Å². The van der Waals surface area contributed by atoms with Crippen LogP contribution < -0.4 is 5.30 Å². The number of benzene rings is 1. The van der Waals surface area contributed by atoms with Crippen LogP contribution >= 0.6 is 7.60 Å². The molecule has 0 aliphatic rings. The number of esters is 1. The van der Waals surface area contributed by atoms with Gasteiger partial charge in [-0.25, -0.2) is 4.79 Å². The van der Waals surface area contributed by atoms with Crippen molar-refractivity contribution >= 4 is 18.9 Å². The van der Waals surface area contributed by atoms with Crippen LogP contribution in [0.4, 0.5) is 0 Å². The summed E-state index contributed by atoms with van der Waals surface area (Å²) >= 11 is 0. The normalized spacial score (nSPS) is 15.5. The lowest BCUT2D eigenvalue weighted by molar-refractivity contribution is -0.156. The van der Waals surface area contributed by atoms with Crippen molar-refractivity contribution in [2.45, 2.75) is 20.1 Å². The molecule has 0 aromatic heterocycles. The Hall–Kier alpha value is -1.42. The fourth-order valence-electron chi connectivity index (χ4n) is 1.15. The van der Waals surface area contributed by atoms with Crippen LogP contribution in [0.25, 0.3) is 0 Å². The van der Waals surface area contributed by atoms with Gasteiger partial charge in [-0.15, -0.1) is 0 Å². The Bertz CT molecular complexity index is 483. The molecule has 1 N–H and O–H groups in total. The van der Waals surface area contributed by atoms with E-state index < -0.39 is 19.9 Å². The van der Waals surface area contributed by atoms with Crippen LogP contribution in [0, 0.1) is 0 Å². The summed E-state index contributed by atoms with van der Waals surface area (Å²) in [6.07, 6.45) is -1.13. The lowest BCUT2D eigenvalue weighted by Crippen LogP contribution is -2.20. The van der Waals surface area contributed by atoms with Gasteiger partial charge in [-0.1, -0.05) is 24.8 Å². The van der Waals surface area contributed by atoms with E-state index in [1.165, 1.54) is 26.0 Å². The molecule has 0 bridgehead atoms. The number of carbonyl (C=O) groups excluding carboxylic acids is 1. The summed E-state index contributed by atoms with van der Waals surface area (Å²) in [5.74, 6) is -0.671. The van der Waals surface area contributed by atoms with Crippen molar-refractivity contribution in [3.05, 3.63) is 42.5 Å². The zero-order valence-corrected chi connectivity index (χ0v) is 11.1. The first-order valence-electron chi connectivity index (χ1n) is 5.26. The Morgan fingerprint density at radius 1 is 1.39 bits per heavy atom. The molecule has 2 unspecified atom stereocenters. The Morgan fingerprint density at radius 3 is 2.44 bits per heavy atom. The molecule has 0 radical (unpaired) electrons. The third-order valence-corrected chi connectivity index (χ3v) is 3.53. The smallest absolute Gasteiger partial charge is 0.361 e. The van der Waals surface area contributed by atoms with Crippen LogP contribution in [0.5, 0.6) is 0 Å². The van der Waals surface area contributed by atoms with Crippen molar-refractivity contribution in [3.8, 4) is 0 Å². The van der Waals surface area contributed by atoms with Crippen LogP contribution in [0.3, 0.4) is 0 Å². The first-order valence-corrected chi connectivity index (χ1v) is 6.84. The van der Waals surface area contributed by atoms with E-state index in [0.29, 0.717) is 0 Å². The van der Waals surface area contributed by atoms with Crippen LogP contribution in [0.1, 0.15) is 13.8 Å². The van der Waals surface area contributed by atoms with E-state index in [-0.39, 0.29) is 10.9 Å². The summed E-state index contributed by atoms with van der Waals surface area (Å²) in [4.78, 5) is 20.9. The molecule has 1 aromatic rings. The summed E-state index contributed by atoms with van der Waals surface area (Å²) in [5.41, 5.74) is 0.193. The summed E-state index contributed by atoms with van der Waals surface area (Å²) in [7, 11) is -3.99. The SMILES string of the molecule is C=C(C)C(=O)OC(C)OP(=O)(O)c1ccccc1. The minimum atomic E-state index is -3.99. The molecular weight excluding hydrogens is 255 g/mol. The Balaban J connectivity index is 2.69. The Labute approximate surface area is 106 Å². The van der Waals surface area contributed by atoms with E-state index in [1.54, 1.807) is 18.2 Å². The van der Waals surface area contributed by atoms with E-state index in [2.05, 4.69) is 6.58 Å². The Kier molecular flexibility index (Phi) is 4.84. The van der Waals surface area contributed by atoms with Crippen molar-refractivity contribution in [3.63, 3.8) is 0 Å². The first kappa shape index (κ1) is 14.6. The van der Waals surface area contributed by atoms with E-state index in [0.717, 1.165) is 0 Å². The van der Waals surface area contributed by atoms with Gasteiger partial charge in [-0.3, -0.25) is 9.09 Å². The molecule has 0 saturated heterocycles. The van der Waals surface area contributed by atoms with Crippen molar-refractivity contribution in [1.82, 2.24) is 0 Å². The predicted molar refractivity (Wildman–Crippen MR) is 67.4 cm³/mol. The zero-order chi connectivity index (χ0) is 13.8. The molecule has 0 fully saturated rings. The standard InChI is InChI=1S/C12H15O5P/c1-9(2)12(13)16-10(3)17-18(14,15)11-7-5-4-6-8-11/h4-8,10H,1H2,2-3H3,(H,14,15). The molecule has 5 nitrogen and oxygen atoms in total. The number of ether oxygens (including phenoxy) is 1. The molecule has 0 aliphatic carbocycles. The number of carbonyl (C=O) groups is 1. The van der Waals surface area contributed by atoms with Gasteiger partial charge in [0.2, 0.25) is 6.29 Å². The zero-order valence-electron chi connectivity index (χ0n) is 10.2. The number of rotatable bonds is 5. The van der Waals surface area contributed by atoms with E-state index in [9.17, 15) is 14.3 Å². The fourth-order valence-corrected chi connectivity index (χ4v) is 2.27. The molecule has 98 valence electrons.